The highest BCUT2D eigenvalue weighted by Crippen LogP contribution is 2.44. The van der Waals surface area contributed by atoms with Gasteiger partial charge in [-0.3, -0.25) is 0 Å². The minimum atomic E-state index is -0.523. The van der Waals surface area contributed by atoms with E-state index < -0.39 is 5.41 Å². The molecule has 0 bridgehead atoms. The monoisotopic (exact) mass is 508 g/mol. The molecule has 0 heterocycles. The Morgan fingerprint density at radius 3 is 1.26 bits per heavy atom. The van der Waals surface area contributed by atoms with Crippen molar-refractivity contribution >= 4 is 46.4 Å². The smallest absolute Gasteiger partial charge is 0.156 e. The van der Waals surface area contributed by atoms with Crippen molar-refractivity contribution < 1.29 is 19.7 Å². The van der Waals surface area contributed by atoms with Crippen molar-refractivity contribution in [3.05, 3.63) is 55.5 Å². The molecule has 0 amide bonds. The molecule has 0 spiro atoms. The van der Waals surface area contributed by atoms with Gasteiger partial charge in [-0.25, -0.2) is 0 Å². The zero-order valence-electron chi connectivity index (χ0n) is 18.0. The molecule has 0 aliphatic rings. The minimum Gasteiger partial charge on any atom is -0.487 e. The summed E-state index contributed by atoms with van der Waals surface area (Å²) >= 11 is 25.9. The second-order valence-electron chi connectivity index (χ2n) is 8.04. The second kappa shape index (κ2) is 11.3. The Kier molecular flexibility index (Phi) is 9.62. The zero-order chi connectivity index (χ0) is 23.3. The number of benzene rings is 2. The van der Waals surface area contributed by atoms with Crippen LogP contribution in [-0.2, 0) is 5.41 Å². The molecule has 0 saturated carbocycles. The molecule has 0 radical (unpaired) electrons. The third-order valence-electron chi connectivity index (χ3n) is 5.15. The average molecular weight is 510 g/mol. The van der Waals surface area contributed by atoms with Gasteiger partial charge in [-0.1, -0.05) is 60.3 Å². The number of aliphatic hydroxyl groups excluding tert-OH is 2. The zero-order valence-corrected chi connectivity index (χ0v) is 21.0. The van der Waals surface area contributed by atoms with E-state index in [9.17, 15) is 0 Å². The Morgan fingerprint density at radius 1 is 0.710 bits per heavy atom. The van der Waals surface area contributed by atoms with Crippen molar-refractivity contribution in [2.45, 2.75) is 58.2 Å². The summed E-state index contributed by atoms with van der Waals surface area (Å²) in [5, 5.41) is 19.7. The molecule has 0 aliphatic carbocycles. The fourth-order valence-electron chi connectivity index (χ4n) is 3.12. The Hall–Kier alpha value is -0.880. The fourth-order valence-corrected chi connectivity index (χ4v) is 4.27. The number of rotatable bonds is 10. The Labute approximate surface area is 204 Å². The van der Waals surface area contributed by atoms with Gasteiger partial charge in [0.25, 0.3) is 0 Å². The highest BCUT2D eigenvalue weighted by atomic mass is 35.5. The number of hydrogen-bond donors (Lipinski definition) is 2. The van der Waals surface area contributed by atoms with Gasteiger partial charge < -0.3 is 19.7 Å². The lowest BCUT2D eigenvalue weighted by atomic mass is 9.78. The Bertz CT molecular complexity index is 784. The van der Waals surface area contributed by atoms with Gasteiger partial charge in [-0.15, -0.1) is 0 Å². The van der Waals surface area contributed by atoms with E-state index in [-0.39, 0.29) is 25.4 Å². The largest absolute Gasteiger partial charge is 0.487 e. The van der Waals surface area contributed by atoms with Crippen molar-refractivity contribution in [1.29, 1.82) is 0 Å². The van der Waals surface area contributed by atoms with Crippen molar-refractivity contribution in [3.63, 3.8) is 0 Å². The Morgan fingerprint density at radius 2 is 1.00 bits per heavy atom. The molecule has 4 nitrogen and oxygen atoms in total. The fraction of sp³-hybridized carbons (Fsp3) is 0.478. The maximum atomic E-state index is 9.08. The SMILES string of the molecule is CC(CCO)Oc1c(Cl)cc(C(C)(C)c2cc(Cl)c(OC(C)CCO)c(Cl)c2)cc1Cl. The molecule has 31 heavy (non-hydrogen) atoms. The van der Waals surface area contributed by atoms with Crippen LogP contribution in [0.1, 0.15) is 51.7 Å². The van der Waals surface area contributed by atoms with E-state index in [0.717, 1.165) is 11.1 Å². The number of ether oxygens (including phenoxy) is 2. The molecular formula is C23H28Cl4O4. The van der Waals surface area contributed by atoms with Gasteiger partial charge in [-0.2, -0.15) is 0 Å². The average Bonchev–Trinajstić information content (AvgIpc) is 2.67. The van der Waals surface area contributed by atoms with E-state index in [1.165, 1.54) is 0 Å². The van der Waals surface area contributed by atoms with E-state index in [1.54, 1.807) is 0 Å². The minimum absolute atomic E-state index is 0.0154. The lowest BCUT2D eigenvalue weighted by Gasteiger charge is -2.29. The molecule has 2 atom stereocenters. The summed E-state index contributed by atoms with van der Waals surface area (Å²) in [5.41, 5.74) is 1.20. The summed E-state index contributed by atoms with van der Waals surface area (Å²) < 4.78 is 11.6. The lowest BCUT2D eigenvalue weighted by Crippen LogP contribution is -2.20. The number of aliphatic hydroxyl groups is 2. The van der Waals surface area contributed by atoms with Crippen LogP contribution < -0.4 is 9.47 Å². The summed E-state index contributed by atoms with van der Waals surface area (Å²) in [6.45, 7) is 7.75. The summed E-state index contributed by atoms with van der Waals surface area (Å²) in [4.78, 5) is 0. The van der Waals surface area contributed by atoms with Crippen LogP contribution in [0.15, 0.2) is 24.3 Å². The highest BCUT2D eigenvalue weighted by molar-refractivity contribution is 6.38. The molecule has 0 aliphatic heterocycles. The van der Waals surface area contributed by atoms with Gasteiger partial charge >= 0.3 is 0 Å². The van der Waals surface area contributed by atoms with Gasteiger partial charge in [0.2, 0.25) is 0 Å². The number of halogens is 4. The first kappa shape index (κ1) is 26.4. The first-order valence-corrected chi connectivity index (χ1v) is 11.6. The van der Waals surface area contributed by atoms with E-state index in [4.69, 9.17) is 66.1 Å². The summed E-state index contributed by atoms with van der Waals surface area (Å²) in [6, 6.07) is 7.24. The second-order valence-corrected chi connectivity index (χ2v) is 9.67. The van der Waals surface area contributed by atoms with Crippen molar-refractivity contribution in [1.82, 2.24) is 0 Å². The molecule has 2 unspecified atom stereocenters. The van der Waals surface area contributed by atoms with Crippen LogP contribution in [0.4, 0.5) is 0 Å². The molecule has 0 fully saturated rings. The van der Waals surface area contributed by atoms with E-state index in [2.05, 4.69) is 0 Å². The molecule has 2 N–H and O–H groups in total. The van der Waals surface area contributed by atoms with Gasteiger partial charge in [0.05, 0.1) is 32.3 Å². The first-order valence-electron chi connectivity index (χ1n) is 10.0. The molecule has 172 valence electrons. The van der Waals surface area contributed by atoms with Crippen LogP contribution in [-0.4, -0.2) is 35.6 Å². The summed E-state index contributed by atoms with van der Waals surface area (Å²) in [6.07, 6.45) is 0.499. The molecule has 0 saturated heterocycles. The third kappa shape index (κ3) is 6.56. The predicted octanol–water partition coefficient (Wildman–Crippen LogP) is 6.93. The lowest BCUT2D eigenvalue weighted by molar-refractivity contribution is 0.168. The molecule has 2 aromatic rings. The first-order chi connectivity index (χ1) is 14.5. The van der Waals surface area contributed by atoms with Gasteiger partial charge in [0, 0.05) is 31.5 Å². The van der Waals surface area contributed by atoms with Crippen LogP contribution in [0, 0.1) is 0 Å². The van der Waals surface area contributed by atoms with Gasteiger partial charge in [0.15, 0.2) is 11.5 Å². The van der Waals surface area contributed by atoms with Gasteiger partial charge in [-0.05, 0) is 49.2 Å². The molecule has 2 rings (SSSR count). The van der Waals surface area contributed by atoms with Crippen molar-refractivity contribution in [2.24, 2.45) is 0 Å². The quantitative estimate of drug-likeness (QED) is 0.364. The predicted molar refractivity (Wildman–Crippen MR) is 129 cm³/mol. The third-order valence-corrected chi connectivity index (χ3v) is 6.27. The normalized spacial score (nSPS) is 13.7. The van der Waals surface area contributed by atoms with Gasteiger partial charge in [0.1, 0.15) is 0 Å². The standard InChI is InChI=1S/C23H28Cl4O4/c1-13(5-7-28)30-21-17(24)9-15(10-18(21)25)23(3,4)16-11-19(26)22(20(27)12-16)31-14(2)6-8-29/h9-14,28-29H,5-8H2,1-4H3. The van der Waals surface area contributed by atoms with Crippen LogP contribution in [0.25, 0.3) is 0 Å². The van der Waals surface area contributed by atoms with Crippen LogP contribution in [0.5, 0.6) is 11.5 Å². The molecule has 0 aromatic heterocycles. The van der Waals surface area contributed by atoms with E-state index >= 15 is 0 Å². The summed E-state index contributed by atoms with van der Waals surface area (Å²) in [5.74, 6) is 0.781. The molecule has 8 heteroatoms. The highest BCUT2D eigenvalue weighted by Gasteiger charge is 2.28. The number of hydrogen-bond acceptors (Lipinski definition) is 4. The van der Waals surface area contributed by atoms with Crippen LogP contribution in [0.2, 0.25) is 20.1 Å². The molecule has 2 aromatic carbocycles. The van der Waals surface area contributed by atoms with Crippen LogP contribution in [0.3, 0.4) is 0 Å². The van der Waals surface area contributed by atoms with Crippen molar-refractivity contribution in [2.75, 3.05) is 13.2 Å². The Balaban J connectivity index is 2.38. The summed E-state index contributed by atoms with van der Waals surface area (Å²) in [7, 11) is 0. The molecular weight excluding hydrogens is 482 g/mol. The van der Waals surface area contributed by atoms with Crippen LogP contribution >= 0.6 is 46.4 Å². The van der Waals surface area contributed by atoms with Crippen molar-refractivity contribution in [3.8, 4) is 11.5 Å². The van der Waals surface area contributed by atoms with E-state index in [0.29, 0.717) is 44.4 Å². The maximum Gasteiger partial charge on any atom is 0.156 e. The maximum absolute atomic E-state index is 9.08. The van der Waals surface area contributed by atoms with E-state index in [1.807, 2.05) is 52.0 Å². The topological polar surface area (TPSA) is 58.9 Å².